The fourth-order valence-corrected chi connectivity index (χ4v) is 3.48. The second kappa shape index (κ2) is 8.93. The molecule has 2 heterocycles. The second-order valence-corrected chi connectivity index (χ2v) is 7.24. The van der Waals surface area contributed by atoms with E-state index in [4.69, 9.17) is 0 Å². The summed E-state index contributed by atoms with van der Waals surface area (Å²) in [5, 5.41) is 3.19. The van der Waals surface area contributed by atoms with E-state index in [1.54, 1.807) is 30.5 Å². The molecule has 33 heavy (non-hydrogen) atoms. The molecule has 4 nitrogen and oxygen atoms in total. The molecule has 0 bridgehead atoms. The lowest BCUT2D eigenvalue weighted by Crippen LogP contribution is -2.31. The summed E-state index contributed by atoms with van der Waals surface area (Å²) in [7, 11) is 0. The molecule has 2 aromatic carbocycles. The lowest BCUT2D eigenvalue weighted by atomic mass is 9.97. The summed E-state index contributed by atoms with van der Waals surface area (Å²) in [6.07, 6.45) is -2.02. The maximum absolute atomic E-state index is 14.3. The average molecular weight is 457 g/mol. The van der Waals surface area contributed by atoms with Crippen LogP contribution in [0.3, 0.4) is 0 Å². The molecule has 1 atom stereocenters. The summed E-state index contributed by atoms with van der Waals surface area (Å²) in [6.45, 7) is -1.08. The smallest absolute Gasteiger partial charge is 0.340 e. The Morgan fingerprint density at radius 1 is 0.970 bits per heavy atom. The Morgan fingerprint density at radius 2 is 1.73 bits per heavy atom. The first kappa shape index (κ1) is 22.3. The van der Waals surface area contributed by atoms with Crippen LogP contribution in [0.25, 0.3) is 10.9 Å². The monoisotopic (exact) mass is 457 g/mol. The van der Waals surface area contributed by atoms with E-state index in [9.17, 15) is 26.7 Å². The van der Waals surface area contributed by atoms with Crippen LogP contribution in [0.15, 0.2) is 73.1 Å². The van der Waals surface area contributed by atoms with E-state index in [-0.39, 0.29) is 16.7 Å². The summed E-state index contributed by atoms with van der Waals surface area (Å²) in [5.74, 6) is -1.63. The molecule has 0 spiro atoms. The van der Waals surface area contributed by atoms with Crippen molar-refractivity contribution >= 4 is 16.8 Å². The number of halogens is 5. The van der Waals surface area contributed by atoms with Gasteiger partial charge in [0.05, 0.1) is 22.8 Å². The number of amides is 1. The Morgan fingerprint density at radius 3 is 2.45 bits per heavy atom. The SMILES string of the molecule is O=C(N[C@@H](c1ccc(CF)c(F)c1)c1ncccc1C(F)(F)F)c1ccc2ncccc2c1. The molecule has 0 fully saturated rings. The van der Waals surface area contributed by atoms with Crippen LogP contribution in [0.2, 0.25) is 0 Å². The molecule has 168 valence electrons. The molecule has 9 heteroatoms. The van der Waals surface area contributed by atoms with Crippen LogP contribution < -0.4 is 5.32 Å². The van der Waals surface area contributed by atoms with Crippen LogP contribution in [-0.4, -0.2) is 15.9 Å². The topological polar surface area (TPSA) is 54.9 Å². The largest absolute Gasteiger partial charge is 0.418 e. The van der Waals surface area contributed by atoms with Crippen molar-refractivity contribution in [3.63, 3.8) is 0 Å². The Hall–Kier alpha value is -3.88. The third-order valence-corrected chi connectivity index (χ3v) is 5.11. The number of nitrogens with one attached hydrogen (secondary N) is 1. The molecule has 0 radical (unpaired) electrons. The first-order valence-corrected chi connectivity index (χ1v) is 9.80. The van der Waals surface area contributed by atoms with Crippen LogP contribution in [0.1, 0.15) is 38.8 Å². The third kappa shape index (κ3) is 4.67. The van der Waals surface area contributed by atoms with Gasteiger partial charge in [-0.05, 0) is 48.0 Å². The minimum atomic E-state index is -4.77. The zero-order valence-corrected chi connectivity index (χ0v) is 16.9. The van der Waals surface area contributed by atoms with Gasteiger partial charge in [-0.25, -0.2) is 8.78 Å². The number of hydrogen-bond donors (Lipinski definition) is 1. The number of alkyl halides is 4. The molecule has 1 amide bonds. The highest BCUT2D eigenvalue weighted by molar-refractivity contribution is 5.98. The van der Waals surface area contributed by atoms with Crippen LogP contribution in [0.4, 0.5) is 22.0 Å². The molecule has 0 saturated carbocycles. The van der Waals surface area contributed by atoms with E-state index < -0.39 is 41.9 Å². The van der Waals surface area contributed by atoms with Crippen LogP contribution in [-0.2, 0) is 12.9 Å². The van der Waals surface area contributed by atoms with Crippen molar-refractivity contribution in [1.82, 2.24) is 15.3 Å². The Labute approximate surface area is 185 Å². The molecule has 0 saturated heterocycles. The van der Waals surface area contributed by atoms with Gasteiger partial charge >= 0.3 is 6.18 Å². The molecule has 0 unspecified atom stereocenters. The van der Waals surface area contributed by atoms with E-state index in [0.717, 1.165) is 30.5 Å². The van der Waals surface area contributed by atoms with Crippen LogP contribution >= 0.6 is 0 Å². The number of hydrogen-bond acceptors (Lipinski definition) is 3. The summed E-state index contributed by atoms with van der Waals surface area (Å²) in [6, 6.07) is 11.9. The number of carbonyl (C=O) groups excluding carboxylic acids is 1. The van der Waals surface area contributed by atoms with Gasteiger partial charge in [0.15, 0.2) is 0 Å². The van der Waals surface area contributed by atoms with Crippen LogP contribution in [0, 0.1) is 5.82 Å². The Balaban J connectivity index is 1.79. The van der Waals surface area contributed by atoms with Crippen molar-refractivity contribution in [1.29, 1.82) is 0 Å². The molecule has 0 aliphatic heterocycles. The van der Waals surface area contributed by atoms with Crippen molar-refractivity contribution in [3.8, 4) is 0 Å². The molecule has 0 aliphatic rings. The second-order valence-electron chi connectivity index (χ2n) is 7.24. The van der Waals surface area contributed by atoms with Crippen molar-refractivity contribution in [2.75, 3.05) is 0 Å². The maximum atomic E-state index is 14.3. The number of rotatable bonds is 5. The quantitative estimate of drug-likeness (QED) is 0.387. The summed E-state index contributed by atoms with van der Waals surface area (Å²) < 4.78 is 68.3. The number of fused-ring (bicyclic) bond motifs is 1. The third-order valence-electron chi connectivity index (χ3n) is 5.11. The van der Waals surface area contributed by atoms with E-state index in [1.807, 2.05) is 0 Å². The van der Waals surface area contributed by atoms with E-state index in [0.29, 0.717) is 10.9 Å². The number of nitrogens with zero attached hydrogens (tertiary/aromatic N) is 2. The molecule has 1 N–H and O–H groups in total. The molecular weight excluding hydrogens is 441 g/mol. The van der Waals surface area contributed by atoms with E-state index in [1.165, 1.54) is 12.1 Å². The number of aromatic nitrogens is 2. The predicted octanol–water partition coefficient (Wildman–Crippen LogP) is 5.78. The van der Waals surface area contributed by atoms with Gasteiger partial charge in [-0.3, -0.25) is 14.8 Å². The van der Waals surface area contributed by atoms with Gasteiger partial charge in [-0.15, -0.1) is 0 Å². The highest BCUT2D eigenvalue weighted by Crippen LogP contribution is 2.36. The predicted molar refractivity (Wildman–Crippen MR) is 112 cm³/mol. The molecule has 0 aliphatic carbocycles. The Kier molecular flexibility index (Phi) is 6.04. The first-order valence-electron chi connectivity index (χ1n) is 9.80. The summed E-state index contributed by atoms with van der Waals surface area (Å²) in [4.78, 5) is 21.0. The van der Waals surface area contributed by atoms with Gasteiger partial charge in [0.25, 0.3) is 5.91 Å². The molecule has 4 rings (SSSR count). The fourth-order valence-electron chi connectivity index (χ4n) is 3.48. The van der Waals surface area contributed by atoms with Gasteiger partial charge in [0.2, 0.25) is 0 Å². The van der Waals surface area contributed by atoms with Crippen molar-refractivity contribution in [2.24, 2.45) is 0 Å². The van der Waals surface area contributed by atoms with Gasteiger partial charge in [0, 0.05) is 28.9 Å². The Bertz CT molecular complexity index is 1320. The zero-order valence-electron chi connectivity index (χ0n) is 16.9. The number of benzene rings is 2. The molecule has 4 aromatic rings. The van der Waals surface area contributed by atoms with Crippen molar-refractivity contribution in [3.05, 3.63) is 107 Å². The van der Waals surface area contributed by atoms with Gasteiger partial charge in [-0.1, -0.05) is 18.2 Å². The van der Waals surface area contributed by atoms with E-state index >= 15 is 0 Å². The molecule has 2 aromatic heterocycles. The van der Waals surface area contributed by atoms with Gasteiger partial charge in [-0.2, -0.15) is 13.2 Å². The normalized spacial score (nSPS) is 12.5. The van der Waals surface area contributed by atoms with Crippen molar-refractivity contribution in [2.45, 2.75) is 18.9 Å². The van der Waals surface area contributed by atoms with Crippen molar-refractivity contribution < 1.29 is 26.7 Å². The van der Waals surface area contributed by atoms with Gasteiger partial charge in [0.1, 0.15) is 12.5 Å². The van der Waals surface area contributed by atoms with E-state index in [2.05, 4.69) is 15.3 Å². The summed E-state index contributed by atoms with van der Waals surface area (Å²) in [5.41, 5.74) is -1.03. The number of pyridine rings is 2. The molecular formula is C24H16F5N3O. The highest BCUT2D eigenvalue weighted by Gasteiger charge is 2.37. The lowest BCUT2D eigenvalue weighted by Gasteiger charge is -2.23. The van der Waals surface area contributed by atoms with Gasteiger partial charge < -0.3 is 5.32 Å². The highest BCUT2D eigenvalue weighted by atomic mass is 19.4. The summed E-state index contributed by atoms with van der Waals surface area (Å²) >= 11 is 0. The minimum absolute atomic E-state index is 0.00953. The zero-order chi connectivity index (χ0) is 23.6. The van der Waals surface area contributed by atoms with Crippen LogP contribution in [0.5, 0.6) is 0 Å². The number of carbonyl (C=O) groups is 1. The minimum Gasteiger partial charge on any atom is -0.340 e. The fraction of sp³-hybridized carbons (Fsp3) is 0.125. The maximum Gasteiger partial charge on any atom is 0.418 e. The lowest BCUT2D eigenvalue weighted by molar-refractivity contribution is -0.138. The average Bonchev–Trinajstić information content (AvgIpc) is 2.81. The standard InChI is InChI=1S/C24H16F5N3O/c25-13-17-6-5-15(12-19(17)26)21(22-18(24(27,28)29)4-2-10-31-22)32-23(33)16-7-8-20-14(11-16)3-1-9-30-20/h1-12,21H,13H2,(H,32,33)/t21-/m0/s1. The first-order chi connectivity index (χ1) is 15.8.